The number of benzene rings is 3. The zero-order valence-corrected chi connectivity index (χ0v) is 21.4. The van der Waals surface area contributed by atoms with Crippen molar-refractivity contribution in [2.24, 2.45) is 5.73 Å². The second-order valence-corrected chi connectivity index (χ2v) is 9.50. The molecule has 3 aromatic carbocycles. The van der Waals surface area contributed by atoms with Crippen molar-refractivity contribution in [3.63, 3.8) is 0 Å². The zero-order chi connectivity index (χ0) is 26.2. The van der Waals surface area contributed by atoms with Crippen LogP contribution in [0.5, 0.6) is 5.75 Å². The number of hydrogen-bond donors (Lipinski definition) is 2. The van der Waals surface area contributed by atoms with Crippen LogP contribution in [0.25, 0.3) is 44.2 Å². The highest BCUT2D eigenvalue weighted by molar-refractivity contribution is 5.97. The van der Waals surface area contributed by atoms with Gasteiger partial charge in [-0.25, -0.2) is 15.0 Å². The van der Waals surface area contributed by atoms with Gasteiger partial charge in [-0.3, -0.25) is 4.79 Å². The van der Waals surface area contributed by atoms with E-state index in [9.17, 15) is 4.79 Å². The third-order valence-electron chi connectivity index (χ3n) is 6.85. The maximum atomic E-state index is 13.3. The van der Waals surface area contributed by atoms with E-state index in [0.717, 1.165) is 63.2 Å². The van der Waals surface area contributed by atoms with Crippen molar-refractivity contribution in [1.82, 2.24) is 24.5 Å². The average Bonchev–Trinajstić information content (AvgIpc) is 3.28. The van der Waals surface area contributed by atoms with E-state index < -0.39 is 0 Å². The number of nitrogens with one attached hydrogen (secondary N) is 1. The molecular weight excluding hydrogens is 476 g/mol. The van der Waals surface area contributed by atoms with Crippen LogP contribution >= 0.6 is 0 Å². The minimum atomic E-state index is -0.262. The topological polar surface area (TPSA) is 112 Å². The van der Waals surface area contributed by atoms with Crippen LogP contribution in [0.15, 0.2) is 71.7 Å². The van der Waals surface area contributed by atoms with Gasteiger partial charge in [-0.15, -0.1) is 0 Å². The molecule has 0 aliphatic carbocycles. The minimum Gasteiger partial charge on any atom is -0.489 e. The number of aryl methyl sites for hydroxylation is 3. The lowest BCUT2D eigenvalue weighted by molar-refractivity contribution is 0.306. The van der Waals surface area contributed by atoms with Gasteiger partial charge in [0.05, 0.1) is 33.5 Å². The van der Waals surface area contributed by atoms with Gasteiger partial charge in [-0.2, -0.15) is 0 Å². The lowest BCUT2D eigenvalue weighted by Gasteiger charge is -2.08. The Morgan fingerprint density at radius 1 is 0.921 bits per heavy atom. The highest BCUT2D eigenvalue weighted by atomic mass is 16.5. The SMILES string of the molecule is Cc1nc2cc3nc(-c4cn(CCCN)c5ccc(OCc6ccccc6)cc45)c(=O)[nH]c3cc2nc1C. The fraction of sp³-hybridized carbons (Fsp3) is 0.200. The molecule has 0 atom stereocenters. The maximum Gasteiger partial charge on any atom is 0.275 e. The fourth-order valence-electron chi connectivity index (χ4n) is 4.74. The predicted molar refractivity (Wildman–Crippen MR) is 150 cm³/mol. The normalized spacial score (nSPS) is 11.6. The molecule has 0 aliphatic rings. The quantitative estimate of drug-likeness (QED) is 0.295. The van der Waals surface area contributed by atoms with Crippen LogP contribution in [0.1, 0.15) is 23.4 Å². The summed E-state index contributed by atoms with van der Waals surface area (Å²) in [6.45, 7) is 5.63. The van der Waals surface area contributed by atoms with E-state index >= 15 is 0 Å². The van der Waals surface area contributed by atoms with Crippen LogP contribution in [0.3, 0.4) is 0 Å². The standard InChI is InChI=1S/C30H28N6O2/c1-18-19(2)33-25-15-27-26(14-24(25)32-18)34-29(30(37)35-27)23-16-36(12-6-11-31)28-10-9-21(13-22(23)28)38-17-20-7-4-3-5-8-20/h3-5,7-10,13-16H,6,11-12,17,31H2,1-2H3,(H,35,37). The summed E-state index contributed by atoms with van der Waals surface area (Å²) in [7, 11) is 0. The summed E-state index contributed by atoms with van der Waals surface area (Å²) in [5, 5.41) is 0.900. The predicted octanol–water partition coefficient (Wildman–Crippen LogP) is 5.03. The van der Waals surface area contributed by atoms with Crippen LogP contribution in [-0.2, 0) is 13.2 Å². The molecule has 38 heavy (non-hydrogen) atoms. The van der Waals surface area contributed by atoms with E-state index in [1.807, 2.05) is 80.7 Å². The van der Waals surface area contributed by atoms with Gasteiger partial charge in [0, 0.05) is 29.2 Å². The van der Waals surface area contributed by atoms with Crippen LogP contribution in [0.2, 0.25) is 0 Å². The molecule has 3 N–H and O–H groups in total. The third kappa shape index (κ3) is 4.39. The first kappa shape index (κ1) is 23.8. The van der Waals surface area contributed by atoms with Crippen LogP contribution in [0, 0.1) is 13.8 Å². The number of aromatic nitrogens is 5. The van der Waals surface area contributed by atoms with E-state index in [1.165, 1.54) is 0 Å². The Kier molecular flexibility index (Phi) is 6.09. The minimum absolute atomic E-state index is 0.262. The van der Waals surface area contributed by atoms with Crippen molar-refractivity contribution < 1.29 is 4.74 Å². The number of aromatic amines is 1. The lowest BCUT2D eigenvalue weighted by atomic mass is 10.1. The van der Waals surface area contributed by atoms with Gasteiger partial charge in [-0.1, -0.05) is 30.3 Å². The van der Waals surface area contributed by atoms with E-state index in [2.05, 4.69) is 19.5 Å². The molecule has 3 heterocycles. The first-order valence-corrected chi connectivity index (χ1v) is 12.7. The summed E-state index contributed by atoms with van der Waals surface area (Å²) in [6.07, 6.45) is 2.81. The number of rotatable bonds is 7. The van der Waals surface area contributed by atoms with Gasteiger partial charge in [0.25, 0.3) is 5.56 Å². The number of nitrogens with zero attached hydrogens (tertiary/aromatic N) is 4. The first-order chi connectivity index (χ1) is 18.5. The van der Waals surface area contributed by atoms with Crippen LogP contribution in [0.4, 0.5) is 0 Å². The molecule has 190 valence electrons. The fourth-order valence-corrected chi connectivity index (χ4v) is 4.74. The van der Waals surface area contributed by atoms with Crippen molar-refractivity contribution in [1.29, 1.82) is 0 Å². The summed E-state index contributed by atoms with van der Waals surface area (Å²) in [4.78, 5) is 30.5. The number of ether oxygens (including phenoxy) is 1. The van der Waals surface area contributed by atoms with E-state index in [4.69, 9.17) is 15.5 Å². The number of hydrogen-bond acceptors (Lipinski definition) is 6. The molecule has 0 spiro atoms. The average molecular weight is 505 g/mol. The van der Waals surface area contributed by atoms with Gasteiger partial charge in [-0.05, 0) is 62.7 Å². The van der Waals surface area contributed by atoms with Crippen LogP contribution < -0.4 is 16.0 Å². The van der Waals surface area contributed by atoms with Crippen molar-refractivity contribution in [2.75, 3.05) is 6.54 Å². The zero-order valence-electron chi connectivity index (χ0n) is 21.4. The van der Waals surface area contributed by atoms with Gasteiger partial charge >= 0.3 is 0 Å². The molecule has 0 aliphatic heterocycles. The van der Waals surface area contributed by atoms with E-state index in [1.54, 1.807) is 0 Å². The molecule has 0 saturated carbocycles. The van der Waals surface area contributed by atoms with Crippen molar-refractivity contribution >= 4 is 33.0 Å². The Hall–Kier alpha value is -4.56. The first-order valence-electron chi connectivity index (χ1n) is 12.7. The number of nitrogens with two attached hydrogens (primary N) is 1. The highest BCUT2D eigenvalue weighted by Gasteiger charge is 2.17. The maximum absolute atomic E-state index is 13.3. The monoisotopic (exact) mass is 504 g/mol. The smallest absolute Gasteiger partial charge is 0.275 e. The molecule has 8 heteroatoms. The summed E-state index contributed by atoms with van der Waals surface area (Å²) >= 11 is 0. The molecule has 0 bridgehead atoms. The Bertz CT molecular complexity index is 1860. The molecule has 0 saturated heterocycles. The van der Waals surface area contributed by atoms with Crippen LogP contribution in [-0.4, -0.2) is 31.0 Å². The Balaban J connectivity index is 1.48. The summed E-state index contributed by atoms with van der Waals surface area (Å²) in [5.74, 6) is 0.725. The van der Waals surface area contributed by atoms with Crippen molar-refractivity contribution in [3.05, 3.63) is 94.2 Å². The molecule has 6 aromatic rings. The van der Waals surface area contributed by atoms with E-state index in [0.29, 0.717) is 29.9 Å². The van der Waals surface area contributed by atoms with Gasteiger partial charge in [0.15, 0.2) is 0 Å². The summed E-state index contributed by atoms with van der Waals surface area (Å²) in [6, 6.07) is 19.7. The Labute approximate surface area is 219 Å². The lowest BCUT2D eigenvalue weighted by Crippen LogP contribution is -2.11. The molecule has 6 rings (SSSR count). The number of H-pyrrole nitrogens is 1. The highest BCUT2D eigenvalue weighted by Crippen LogP contribution is 2.32. The second-order valence-electron chi connectivity index (χ2n) is 9.50. The van der Waals surface area contributed by atoms with Crippen molar-refractivity contribution in [3.8, 4) is 17.0 Å². The third-order valence-corrected chi connectivity index (χ3v) is 6.85. The second kappa shape index (κ2) is 9.72. The molecule has 3 aromatic heterocycles. The van der Waals surface area contributed by atoms with Gasteiger partial charge < -0.3 is 20.0 Å². The molecule has 0 radical (unpaired) electrons. The van der Waals surface area contributed by atoms with Gasteiger partial charge in [0.1, 0.15) is 18.1 Å². The molecule has 0 fully saturated rings. The molecule has 0 unspecified atom stereocenters. The Morgan fingerprint density at radius 2 is 1.68 bits per heavy atom. The summed E-state index contributed by atoms with van der Waals surface area (Å²) in [5.41, 5.74) is 13.2. The molecule has 8 nitrogen and oxygen atoms in total. The summed E-state index contributed by atoms with van der Waals surface area (Å²) < 4.78 is 8.23. The molecule has 0 amide bonds. The number of fused-ring (bicyclic) bond motifs is 3. The molecular formula is C30H28N6O2. The van der Waals surface area contributed by atoms with E-state index in [-0.39, 0.29) is 5.56 Å². The Morgan fingerprint density at radius 3 is 2.45 bits per heavy atom. The van der Waals surface area contributed by atoms with Gasteiger partial charge in [0.2, 0.25) is 0 Å². The largest absolute Gasteiger partial charge is 0.489 e. The van der Waals surface area contributed by atoms with Crippen molar-refractivity contribution in [2.45, 2.75) is 33.4 Å².